The summed E-state index contributed by atoms with van der Waals surface area (Å²) in [6.45, 7) is 1.95. The third kappa shape index (κ3) is 2.08. The first kappa shape index (κ1) is 13.4. The smallest absolute Gasteiger partial charge is 0.339 e. The van der Waals surface area contributed by atoms with Crippen LogP contribution in [0.25, 0.3) is 0 Å². The van der Waals surface area contributed by atoms with Crippen LogP contribution >= 0.6 is 0 Å². The van der Waals surface area contributed by atoms with Crippen LogP contribution in [-0.2, 0) is 13.5 Å². The van der Waals surface area contributed by atoms with Crippen molar-refractivity contribution in [3.63, 3.8) is 0 Å². The number of carbonyl (C=O) groups is 2. The molecule has 2 aromatic rings. The first-order valence-electron chi connectivity index (χ1n) is 6.67. The molecule has 1 amide bonds. The summed E-state index contributed by atoms with van der Waals surface area (Å²) in [6, 6.07) is 7.64. The molecule has 3 rings (SSSR count). The van der Waals surface area contributed by atoms with E-state index in [1.54, 1.807) is 11.9 Å². The van der Waals surface area contributed by atoms with Crippen LogP contribution in [0.1, 0.15) is 33.3 Å². The average Bonchev–Trinajstić information content (AvgIpc) is 2.97. The highest BCUT2D eigenvalue weighted by molar-refractivity contribution is 6.11. The number of hydrogen-bond acceptors (Lipinski definition) is 3. The fourth-order valence-corrected chi connectivity index (χ4v) is 2.79. The van der Waals surface area contributed by atoms with Gasteiger partial charge in [-0.25, -0.2) is 4.79 Å². The molecule has 0 fully saturated rings. The van der Waals surface area contributed by atoms with Crippen molar-refractivity contribution in [2.45, 2.75) is 19.4 Å². The largest absolute Gasteiger partial charge is 0.478 e. The second-order valence-electron chi connectivity index (χ2n) is 5.23. The summed E-state index contributed by atoms with van der Waals surface area (Å²) in [7, 11) is 1.60. The predicted molar refractivity (Wildman–Crippen MR) is 76.6 cm³/mol. The Morgan fingerprint density at radius 3 is 2.76 bits per heavy atom. The molecule has 6 nitrogen and oxygen atoms in total. The van der Waals surface area contributed by atoms with Crippen molar-refractivity contribution in [2.75, 3.05) is 4.90 Å². The third-order valence-electron chi connectivity index (χ3n) is 3.69. The van der Waals surface area contributed by atoms with Crippen molar-refractivity contribution < 1.29 is 14.7 Å². The van der Waals surface area contributed by atoms with E-state index in [0.717, 1.165) is 17.7 Å². The Morgan fingerprint density at radius 2 is 2.05 bits per heavy atom. The number of aromatic carboxylic acids is 1. The van der Waals surface area contributed by atoms with Gasteiger partial charge in [0.1, 0.15) is 5.56 Å². The van der Waals surface area contributed by atoms with Crippen LogP contribution in [0.3, 0.4) is 0 Å². The van der Waals surface area contributed by atoms with Gasteiger partial charge in [-0.1, -0.05) is 18.2 Å². The van der Waals surface area contributed by atoms with E-state index < -0.39 is 5.97 Å². The first-order chi connectivity index (χ1) is 9.99. The zero-order chi connectivity index (χ0) is 15.1. The number of benzene rings is 1. The van der Waals surface area contributed by atoms with Crippen molar-refractivity contribution in [1.82, 2.24) is 9.78 Å². The number of rotatable bonds is 2. The maximum Gasteiger partial charge on any atom is 0.339 e. The zero-order valence-corrected chi connectivity index (χ0v) is 11.8. The number of hydrogen-bond donors (Lipinski definition) is 1. The molecule has 0 saturated heterocycles. The predicted octanol–water partition coefficient (Wildman–Crippen LogP) is 1.71. The highest BCUT2D eigenvalue weighted by Gasteiger charge is 2.34. The van der Waals surface area contributed by atoms with Crippen LogP contribution in [-0.4, -0.2) is 32.8 Å². The number of carboxylic acids is 1. The van der Waals surface area contributed by atoms with E-state index in [0.29, 0.717) is 0 Å². The van der Waals surface area contributed by atoms with E-state index in [1.165, 1.54) is 10.9 Å². The topological polar surface area (TPSA) is 75.4 Å². The molecule has 1 aromatic carbocycles. The van der Waals surface area contributed by atoms with Gasteiger partial charge < -0.3 is 10.0 Å². The molecule has 0 unspecified atom stereocenters. The molecular weight excluding hydrogens is 270 g/mol. The van der Waals surface area contributed by atoms with Gasteiger partial charge in [-0.15, -0.1) is 0 Å². The van der Waals surface area contributed by atoms with Crippen molar-refractivity contribution in [1.29, 1.82) is 0 Å². The molecular formula is C15H15N3O3. The number of amides is 1. The molecule has 0 spiro atoms. The highest BCUT2D eigenvalue weighted by atomic mass is 16.4. The average molecular weight is 285 g/mol. The molecule has 1 aliphatic heterocycles. The third-order valence-corrected chi connectivity index (χ3v) is 3.69. The molecule has 0 saturated carbocycles. The summed E-state index contributed by atoms with van der Waals surface area (Å²) in [6.07, 6.45) is 2.11. The number of nitrogens with zero attached hydrogens (tertiary/aromatic N) is 3. The van der Waals surface area contributed by atoms with Crippen LogP contribution in [0.4, 0.5) is 5.69 Å². The lowest BCUT2D eigenvalue weighted by Gasteiger charge is -2.21. The molecule has 1 aromatic heterocycles. The summed E-state index contributed by atoms with van der Waals surface area (Å²) in [5.41, 5.74) is 1.83. The van der Waals surface area contributed by atoms with Crippen LogP contribution in [0.15, 0.2) is 30.5 Å². The van der Waals surface area contributed by atoms with Gasteiger partial charge in [0.05, 0.1) is 0 Å². The van der Waals surface area contributed by atoms with Gasteiger partial charge in [0.15, 0.2) is 5.69 Å². The SMILES string of the molecule is C[C@H]1Cc2ccccc2N1C(=O)c1nn(C)cc1C(=O)O. The molecule has 0 bridgehead atoms. The Labute approximate surface area is 121 Å². The van der Waals surface area contributed by atoms with Crippen molar-refractivity contribution >= 4 is 17.6 Å². The van der Waals surface area contributed by atoms with Crippen LogP contribution < -0.4 is 4.90 Å². The first-order valence-corrected chi connectivity index (χ1v) is 6.67. The Morgan fingerprint density at radius 1 is 1.33 bits per heavy atom. The van der Waals surface area contributed by atoms with E-state index >= 15 is 0 Å². The summed E-state index contributed by atoms with van der Waals surface area (Å²) in [5, 5.41) is 13.2. The molecule has 0 aliphatic carbocycles. The summed E-state index contributed by atoms with van der Waals surface area (Å²) < 4.78 is 1.35. The lowest BCUT2D eigenvalue weighted by molar-refractivity contribution is 0.0691. The van der Waals surface area contributed by atoms with Gasteiger partial charge in [-0.2, -0.15) is 5.10 Å². The second kappa shape index (κ2) is 4.73. The molecule has 1 atom stereocenters. The number of para-hydroxylation sites is 1. The van der Waals surface area contributed by atoms with Crippen LogP contribution in [0.2, 0.25) is 0 Å². The van der Waals surface area contributed by atoms with E-state index in [-0.39, 0.29) is 23.2 Å². The summed E-state index contributed by atoms with van der Waals surface area (Å²) in [4.78, 5) is 25.6. The van der Waals surface area contributed by atoms with E-state index in [9.17, 15) is 14.7 Å². The number of aromatic nitrogens is 2. The van der Waals surface area contributed by atoms with Crippen LogP contribution in [0, 0.1) is 0 Å². The van der Waals surface area contributed by atoms with Gasteiger partial charge in [-0.3, -0.25) is 9.48 Å². The normalized spacial score (nSPS) is 16.9. The summed E-state index contributed by atoms with van der Waals surface area (Å²) in [5.74, 6) is -1.52. The minimum atomic E-state index is -1.15. The maximum absolute atomic E-state index is 12.7. The quantitative estimate of drug-likeness (QED) is 0.911. The van der Waals surface area contributed by atoms with E-state index in [4.69, 9.17) is 0 Å². The molecule has 1 N–H and O–H groups in total. The Kier molecular flexibility index (Phi) is 3.01. The maximum atomic E-state index is 12.7. The number of aryl methyl sites for hydroxylation is 1. The fourth-order valence-electron chi connectivity index (χ4n) is 2.79. The van der Waals surface area contributed by atoms with Gasteiger partial charge in [0.25, 0.3) is 5.91 Å². The van der Waals surface area contributed by atoms with Crippen molar-refractivity contribution in [3.05, 3.63) is 47.3 Å². The standard InChI is InChI=1S/C15H15N3O3/c1-9-7-10-5-3-4-6-12(10)18(9)14(19)13-11(15(20)21)8-17(2)16-13/h3-6,8-9H,7H2,1-2H3,(H,20,21)/t9-/m0/s1. The van der Waals surface area contributed by atoms with Gasteiger partial charge in [0.2, 0.25) is 0 Å². The lowest BCUT2D eigenvalue weighted by atomic mass is 10.1. The number of carbonyl (C=O) groups excluding carboxylic acids is 1. The Hall–Kier alpha value is -2.63. The lowest BCUT2D eigenvalue weighted by Crippen LogP contribution is -2.36. The highest BCUT2D eigenvalue weighted by Crippen LogP contribution is 2.33. The molecule has 0 radical (unpaired) electrons. The number of carboxylic acid groups (broad SMARTS) is 1. The van der Waals surface area contributed by atoms with Crippen molar-refractivity contribution in [3.8, 4) is 0 Å². The molecule has 1 aliphatic rings. The fraction of sp³-hybridized carbons (Fsp3) is 0.267. The molecule has 21 heavy (non-hydrogen) atoms. The molecule has 2 heterocycles. The minimum absolute atomic E-state index is 0.0152. The molecule has 6 heteroatoms. The van der Waals surface area contributed by atoms with Gasteiger partial charge in [-0.05, 0) is 25.0 Å². The van der Waals surface area contributed by atoms with Gasteiger partial charge in [0, 0.05) is 25.0 Å². The summed E-state index contributed by atoms with van der Waals surface area (Å²) >= 11 is 0. The van der Waals surface area contributed by atoms with E-state index in [2.05, 4.69) is 5.10 Å². The number of anilines is 1. The molecule has 108 valence electrons. The van der Waals surface area contributed by atoms with Crippen LogP contribution in [0.5, 0.6) is 0 Å². The zero-order valence-electron chi connectivity index (χ0n) is 11.8. The Bertz CT molecular complexity index is 736. The number of fused-ring (bicyclic) bond motifs is 1. The minimum Gasteiger partial charge on any atom is -0.478 e. The monoisotopic (exact) mass is 285 g/mol. The van der Waals surface area contributed by atoms with Gasteiger partial charge >= 0.3 is 5.97 Å². The second-order valence-corrected chi connectivity index (χ2v) is 5.23. The Balaban J connectivity index is 2.05. The van der Waals surface area contributed by atoms with E-state index in [1.807, 2.05) is 31.2 Å². The van der Waals surface area contributed by atoms with Crippen molar-refractivity contribution in [2.24, 2.45) is 7.05 Å².